The third-order valence-electron chi connectivity index (χ3n) is 2.34. The van der Waals surface area contributed by atoms with E-state index in [9.17, 15) is 8.42 Å². The molecule has 1 aromatic rings. The van der Waals surface area contributed by atoms with Crippen LogP contribution in [0.5, 0.6) is 0 Å². The normalized spacial score (nSPS) is 18.4. The van der Waals surface area contributed by atoms with Crippen molar-refractivity contribution in [3.05, 3.63) is 27.1 Å². The summed E-state index contributed by atoms with van der Waals surface area (Å²) >= 11 is 6.45. The van der Waals surface area contributed by atoms with E-state index < -0.39 is 16.1 Å². The van der Waals surface area contributed by atoms with E-state index in [-0.39, 0.29) is 18.0 Å². The number of hydrogen-bond donors (Lipinski definition) is 1. The highest BCUT2D eigenvalue weighted by atomic mass is 79.9. The SMILES string of the molecule is O=S(=O)(c1cc(Br)ccc1Br)N1CC(O)C1. The number of sulfonamides is 1. The molecule has 1 fully saturated rings. The lowest BCUT2D eigenvalue weighted by molar-refractivity contribution is 0.0547. The van der Waals surface area contributed by atoms with E-state index >= 15 is 0 Å². The third-order valence-corrected chi connectivity index (χ3v) is 5.66. The first-order valence-corrected chi connectivity index (χ1v) is 7.57. The molecule has 0 bridgehead atoms. The van der Waals surface area contributed by atoms with Gasteiger partial charge in [0.1, 0.15) is 0 Å². The molecule has 4 nitrogen and oxygen atoms in total. The lowest BCUT2D eigenvalue weighted by atomic mass is 10.2. The van der Waals surface area contributed by atoms with Gasteiger partial charge in [-0.05, 0) is 34.1 Å². The van der Waals surface area contributed by atoms with Crippen LogP contribution >= 0.6 is 31.9 Å². The molecule has 0 spiro atoms. The minimum Gasteiger partial charge on any atom is -0.390 e. The number of nitrogens with zero attached hydrogens (tertiary/aromatic N) is 1. The molecule has 1 aliphatic heterocycles. The number of benzene rings is 1. The van der Waals surface area contributed by atoms with E-state index in [2.05, 4.69) is 31.9 Å². The predicted molar refractivity (Wildman–Crippen MR) is 66.6 cm³/mol. The summed E-state index contributed by atoms with van der Waals surface area (Å²) in [6.07, 6.45) is -0.541. The van der Waals surface area contributed by atoms with Crippen LogP contribution in [0.15, 0.2) is 32.0 Å². The molecular formula is C9H9Br2NO3S. The maximum Gasteiger partial charge on any atom is 0.244 e. The van der Waals surface area contributed by atoms with Crippen molar-refractivity contribution in [2.45, 2.75) is 11.0 Å². The van der Waals surface area contributed by atoms with Crippen molar-refractivity contribution in [1.82, 2.24) is 4.31 Å². The van der Waals surface area contributed by atoms with Gasteiger partial charge in [-0.3, -0.25) is 0 Å². The van der Waals surface area contributed by atoms with Gasteiger partial charge in [-0.2, -0.15) is 4.31 Å². The molecule has 0 radical (unpaired) electrons. The van der Waals surface area contributed by atoms with Crippen LogP contribution in [-0.4, -0.2) is 37.0 Å². The Morgan fingerprint density at radius 1 is 1.31 bits per heavy atom. The topological polar surface area (TPSA) is 57.6 Å². The zero-order valence-electron chi connectivity index (χ0n) is 8.10. The fourth-order valence-corrected chi connectivity index (χ4v) is 4.40. The fourth-order valence-electron chi connectivity index (χ4n) is 1.43. The third kappa shape index (κ3) is 2.19. The second-order valence-electron chi connectivity index (χ2n) is 3.55. The molecule has 7 heteroatoms. The molecule has 88 valence electrons. The van der Waals surface area contributed by atoms with Gasteiger partial charge in [0.2, 0.25) is 10.0 Å². The van der Waals surface area contributed by atoms with Crippen LogP contribution in [0.25, 0.3) is 0 Å². The van der Waals surface area contributed by atoms with Gasteiger partial charge in [0.15, 0.2) is 0 Å². The summed E-state index contributed by atoms with van der Waals surface area (Å²) in [7, 11) is -3.49. The van der Waals surface area contributed by atoms with Crippen LogP contribution in [0.4, 0.5) is 0 Å². The van der Waals surface area contributed by atoms with Crippen molar-refractivity contribution < 1.29 is 13.5 Å². The van der Waals surface area contributed by atoms with E-state index in [1.54, 1.807) is 18.2 Å². The van der Waals surface area contributed by atoms with Crippen LogP contribution < -0.4 is 0 Å². The van der Waals surface area contributed by atoms with Crippen LogP contribution in [0.2, 0.25) is 0 Å². The molecule has 1 heterocycles. The van der Waals surface area contributed by atoms with Crippen molar-refractivity contribution in [3.63, 3.8) is 0 Å². The summed E-state index contributed by atoms with van der Waals surface area (Å²) in [5, 5.41) is 9.13. The summed E-state index contributed by atoms with van der Waals surface area (Å²) in [6.45, 7) is 0.336. The van der Waals surface area contributed by atoms with Crippen LogP contribution in [-0.2, 0) is 10.0 Å². The van der Waals surface area contributed by atoms with Crippen molar-refractivity contribution in [1.29, 1.82) is 0 Å². The Bertz CT molecular complexity index is 511. The number of aliphatic hydroxyl groups excluding tert-OH is 1. The van der Waals surface area contributed by atoms with Crippen molar-refractivity contribution in [2.24, 2.45) is 0 Å². The van der Waals surface area contributed by atoms with Crippen LogP contribution in [0.3, 0.4) is 0 Å². The Hall–Kier alpha value is 0.0500. The molecule has 2 rings (SSSR count). The minimum atomic E-state index is -3.49. The first-order valence-electron chi connectivity index (χ1n) is 4.54. The zero-order chi connectivity index (χ0) is 11.9. The van der Waals surface area contributed by atoms with Crippen molar-refractivity contribution >= 4 is 41.9 Å². The summed E-state index contributed by atoms with van der Waals surface area (Å²) in [5.41, 5.74) is 0. The average Bonchev–Trinajstić information content (AvgIpc) is 2.16. The van der Waals surface area contributed by atoms with Gasteiger partial charge in [0.25, 0.3) is 0 Å². The molecule has 0 saturated carbocycles. The Morgan fingerprint density at radius 2 is 1.94 bits per heavy atom. The smallest absolute Gasteiger partial charge is 0.244 e. The van der Waals surface area contributed by atoms with Gasteiger partial charge < -0.3 is 5.11 Å². The van der Waals surface area contributed by atoms with Crippen LogP contribution in [0, 0.1) is 0 Å². The van der Waals surface area contributed by atoms with Crippen molar-refractivity contribution in [2.75, 3.05) is 13.1 Å². The predicted octanol–water partition coefficient (Wildman–Crippen LogP) is 1.58. The Kier molecular flexibility index (Phi) is 3.42. The number of rotatable bonds is 2. The average molecular weight is 371 g/mol. The highest BCUT2D eigenvalue weighted by Crippen LogP contribution is 2.30. The first kappa shape index (κ1) is 12.5. The molecule has 0 aromatic heterocycles. The van der Waals surface area contributed by atoms with Gasteiger partial charge in [0.05, 0.1) is 11.0 Å². The fraction of sp³-hybridized carbons (Fsp3) is 0.333. The monoisotopic (exact) mass is 369 g/mol. The summed E-state index contributed by atoms with van der Waals surface area (Å²) in [4.78, 5) is 0.216. The molecule has 1 saturated heterocycles. The summed E-state index contributed by atoms with van der Waals surface area (Å²) in [6, 6.07) is 4.98. The number of hydrogen-bond acceptors (Lipinski definition) is 3. The number of halogens is 2. The first-order chi connectivity index (χ1) is 7.41. The van der Waals surface area contributed by atoms with Gasteiger partial charge in [-0.15, -0.1) is 0 Å². The Balaban J connectivity index is 2.40. The van der Waals surface area contributed by atoms with E-state index in [1.165, 1.54) is 4.31 Å². The molecule has 0 atom stereocenters. The zero-order valence-corrected chi connectivity index (χ0v) is 12.1. The number of β-amino-alcohol motifs (C(OH)–C–C–N with tert-alkyl or cyclic N) is 1. The lowest BCUT2D eigenvalue weighted by Crippen LogP contribution is -2.53. The number of aliphatic hydroxyl groups is 1. The maximum absolute atomic E-state index is 12.1. The quantitative estimate of drug-likeness (QED) is 0.859. The Labute approximate surface area is 111 Å². The minimum absolute atomic E-state index is 0.168. The molecule has 1 N–H and O–H groups in total. The van der Waals surface area contributed by atoms with E-state index in [0.29, 0.717) is 8.95 Å². The second-order valence-corrected chi connectivity index (χ2v) is 7.23. The summed E-state index contributed by atoms with van der Waals surface area (Å²) in [5.74, 6) is 0. The Morgan fingerprint density at radius 3 is 2.50 bits per heavy atom. The highest BCUT2D eigenvalue weighted by molar-refractivity contribution is 9.11. The highest BCUT2D eigenvalue weighted by Gasteiger charge is 2.36. The van der Waals surface area contributed by atoms with Crippen molar-refractivity contribution in [3.8, 4) is 0 Å². The molecule has 0 aliphatic carbocycles. The van der Waals surface area contributed by atoms with Gasteiger partial charge >= 0.3 is 0 Å². The van der Waals surface area contributed by atoms with Gasteiger partial charge in [-0.1, -0.05) is 15.9 Å². The van der Waals surface area contributed by atoms with Crippen LogP contribution in [0.1, 0.15) is 0 Å². The molecule has 16 heavy (non-hydrogen) atoms. The van der Waals surface area contributed by atoms with E-state index in [4.69, 9.17) is 5.11 Å². The molecule has 0 amide bonds. The second kappa shape index (κ2) is 4.38. The van der Waals surface area contributed by atoms with E-state index in [0.717, 1.165) is 0 Å². The molecule has 0 unspecified atom stereocenters. The van der Waals surface area contributed by atoms with Gasteiger partial charge in [-0.25, -0.2) is 8.42 Å². The van der Waals surface area contributed by atoms with Gasteiger partial charge in [0, 0.05) is 22.0 Å². The standard InChI is InChI=1S/C9H9Br2NO3S/c10-6-1-2-8(11)9(3-6)16(14,15)12-4-7(13)5-12/h1-3,7,13H,4-5H2. The van der Waals surface area contributed by atoms with E-state index in [1.807, 2.05) is 0 Å². The maximum atomic E-state index is 12.1. The lowest BCUT2D eigenvalue weighted by Gasteiger charge is -2.34. The molecule has 1 aliphatic rings. The molecule has 1 aromatic carbocycles. The molecular weight excluding hydrogens is 362 g/mol. The largest absolute Gasteiger partial charge is 0.390 e. The summed E-state index contributed by atoms with van der Waals surface area (Å²) < 4.78 is 26.7.